The van der Waals surface area contributed by atoms with Gasteiger partial charge in [-0.1, -0.05) is 54.6 Å². The minimum Gasteiger partial charge on any atom is -0.857 e. The van der Waals surface area contributed by atoms with Crippen molar-refractivity contribution in [2.24, 2.45) is 4.99 Å². The summed E-state index contributed by atoms with van der Waals surface area (Å²) < 4.78 is 16.1. The Morgan fingerprint density at radius 3 is 2.64 bits per heavy atom. The summed E-state index contributed by atoms with van der Waals surface area (Å²) in [5.41, 5.74) is 10.6. The monoisotopic (exact) mass is 578 g/mol. The van der Waals surface area contributed by atoms with Crippen molar-refractivity contribution in [3.8, 4) is 28.1 Å². The van der Waals surface area contributed by atoms with E-state index in [-0.39, 0.29) is 10.8 Å². The molecule has 0 saturated carbocycles. The van der Waals surface area contributed by atoms with Gasteiger partial charge in [0.2, 0.25) is 5.27 Å². The van der Waals surface area contributed by atoms with Gasteiger partial charge in [0.15, 0.2) is 0 Å². The van der Waals surface area contributed by atoms with E-state index in [9.17, 15) is 5.11 Å². The largest absolute Gasteiger partial charge is 0.857 e. The molecule has 1 aliphatic rings. The molecule has 210 valence electrons. The number of aliphatic imine (C=N–C) groups is 1. The highest BCUT2D eigenvalue weighted by molar-refractivity contribution is 7.21. The number of ether oxygens (including phenoxy) is 2. The molecule has 11 heteroatoms. The van der Waals surface area contributed by atoms with Crippen molar-refractivity contribution in [2.45, 2.75) is 0 Å². The highest BCUT2D eigenvalue weighted by atomic mass is 32.1. The standard InChI is InChI=1S/C31H26N6O4S/c1-39-21-11-9-20(10-12-21)24-17-25(23-8-4-6-19-5-2-3-7-22(19)23)33-31-27(24)28(32)29(42-31)30(38)34-26-18-37(35-41-26)36-13-15-40-16-14-36/h2-12,17-18H,13-16H2,1H3,(H2-,32,34,35,38). The Labute approximate surface area is 244 Å². The second kappa shape index (κ2) is 10.8. The van der Waals surface area contributed by atoms with Gasteiger partial charge in [0.1, 0.15) is 10.6 Å². The summed E-state index contributed by atoms with van der Waals surface area (Å²) in [5.74, 6) is 0.309. The number of nitrogens with two attached hydrogens (primary N) is 1. The van der Waals surface area contributed by atoms with Crippen LogP contribution in [0.4, 0.5) is 11.6 Å². The first kappa shape index (κ1) is 25.9. The number of aromatic nitrogens is 3. The normalized spacial score (nSPS) is 14.1. The molecule has 0 aliphatic carbocycles. The predicted molar refractivity (Wildman–Crippen MR) is 161 cm³/mol. The Kier molecular flexibility index (Phi) is 6.65. The second-order valence-corrected chi connectivity index (χ2v) is 10.8. The number of rotatable bonds is 6. The summed E-state index contributed by atoms with van der Waals surface area (Å²) in [6.07, 6.45) is 1.58. The molecule has 2 N–H and O–H groups in total. The molecule has 0 unspecified atom stereocenters. The van der Waals surface area contributed by atoms with E-state index in [2.05, 4.69) is 34.5 Å². The van der Waals surface area contributed by atoms with Gasteiger partial charge in [0, 0.05) is 16.8 Å². The fraction of sp³-hybridized carbons (Fsp3) is 0.161. The van der Waals surface area contributed by atoms with Gasteiger partial charge in [-0.25, -0.2) is 9.98 Å². The van der Waals surface area contributed by atoms with Crippen molar-refractivity contribution in [3.63, 3.8) is 0 Å². The molecule has 0 spiro atoms. The van der Waals surface area contributed by atoms with Gasteiger partial charge in [-0.05, 0) is 40.1 Å². The molecule has 4 heterocycles. The highest BCUT2D eigenvalue weighted by Crippen LogP contribution is 2.42. The number of hydrogen-bond donors (Lipinski definition) is 1. The lowest BCUT2D eigenvalue weighted by Gasteiger charge is -2.18. The summed E-state index contributed by atoms with van der Waals surface area (Å²) in [4.78, 5) is 11.7. The first-order valence-corrected chi connectivity index (χ1v) is 14.2. The van der Waals surface area contributed by atoms with E-state index in [1.165, 1.54) is 11.3 Å². The van der Waals surface area contributed by atoms with Gasteiger partial charge in [0.25, 0.3) is 6.20 Å². The smallest absolute Gasteiger partial charge is 0.324 e. The fourth-order valence-electron chi connectivity index (χ4n) is 5.19. The van der Waals surface area contributed by atoms with Crippen molar-refractivity contribution in [1.82, 2.24) is 10.3 Å². The SMILES string of the molecule is COc1ccc(-c2cc(-c3cccc4ccccc34)nc3sc(/C([O-])=N/c4c[n+](N5CCOCC5)no4)c(N)c23)cc1. The van der Waals surface area contributed by atoms with Crippen molar-refractivity contribution < 1.29 is 23.9 Å². The van der Waals surface area contributed by atoms with Gasteiger partial charge in [0.05, 0.1) is 54.5 Å². The third-order valence-electron chi connectivity index (χ3n) is 7.29. The molecule has 42 heavy (non-hydrogen) atoms. The quantitative estimate of drug-likeness (QED) is 0.178. The zero-order valence-electron chi connectivity index (χ0n) is 22.7. The number of fused-ring (bicyclic) bond motifs is 2. The fourth-order valence-corrected chi connectivity index (χ4v) is 6.19. The summed E-state index contributed by atoms with van der Waals surface area (Å²) in [6, 6.07) is 24.1. The van der Waals surface area contributed by atoms with Gasteiger partial charge >= 0.3 is 5.88 Å². The van der Waals surface area contributed by atoms with Crippen LogP contribution in [-0.2, 0) is 4.74 Å². The zero-order chi connectivity index (χ0) is 28.6. The average molecular weight is 579 g/mol. The molecular formula is C31H26N6O4S. The minimum absolute atomic E-state index is 0.0862. The van der Waals surface area contributed by atoms with Crippen molar-refractivity contribution in [2.75, 3.05) is 44.2 Å². The van der Waals surface area contributed by atoms with Crippen LogP contribution in [0.3, 0.4) is 0 Å². The van der Waals surface area contributed by atoms with E-state index >= 15 is 0 Å². The molecule has 3 aromatic heterocycles. The molecule has 1 saturated heterocycles. The van der Waals surface area contributed by atoms with Crippen LogP contribution in [0.1, 0.15) is 4.88 Å². The van der Waals surface area contributed by atoms with Crippen LogP contribution >= 0.6 is 11.3 Å². The van der Waals surface area contributed by atoms with Crippen molar-refractivity contribution in [3.05, 3.63) is 83.9 Å². The number of nitrogen functional groups attached to an aromatic ring is 1. The second-order valence-electron chi connectivity index (χ2n) is 9.78. The number of benzene rings is 3. The van der Waals surface area contributed by atoms with Crippen LogP contribution in [-0.4, -0.2) is 49.6 Å². The van der Waals surface area contributed by atoms with Crippen molar-refractivity contribution in [1.29, 1.82) is 0 Å². The van der Waals surface area contributed by atoms with Crippen LogP contribution in [0.15, 0.2) is 88.5 Å². The molecule has 0 amide bonds. The predicted octanol–water partition coefficient (Wildman–Crippen LogP) is 4.06. The van der Waals surface area contributed by atoms with Gasteiger partial charge in [-0.2, -0.15) is 0 Å². The third-order valence-corrected chi connectivity index (χ3v) is 8.38. The van der Waals surface area contributed by atoms with E-state index in [1.54, 1.807) is 18.1 Å². The molecule has 3 aromatic carbocycles. The van der Waals surface area contributed by atoms with E-state index in [0.29, 0.717) is 42.2 Å². The van der Waals surface area contributed by atoms with Gasteiger partial charge in [-0.15, -0.1) is 16.3 Å². The number of methoxy groups -OCH3 is 1. The third kappa shape index (κ3) is 4.68. The summed E-state index contributed by atoms with van der Waals surface area (Å²) in [5, 5.41) is 22.3. The minimum atomic E-state index is -0.520. The number of pyridine rings is 1. The summed E-state index contributed by atoms with van der Waals surface area (Å²) in [7, 11) is 1.63. The van der Waals surface area contributed by atoms with E-state index in [4.69, 9.17) is 24.7 Å². The number of anilines is 1. The maximum atomic E-state index is 13.4. The molecule has 0 radical (unpaired) electrons. The van der Waals surface area contributed by atoms with E-state index in [1.807, 2.05) is 53.5 Å². The number of morpholine rings is 1. The number of hydrogen-bond acceptors (Lipinski definition) is 10. The van der Waals surface area contributed by atoms with Crippen LogP contribution in [0.25, 0.3) is 43.4 Å². The van der Waals surface area contributed by atoms with Gasteiger partial charge in [-0.3, -0.25) is 4.52 Å². The lowest BCUT2D eigenvalue weighted by molar-refractivity contribution is -0.759. The molecule has 0 bridgehead atoms. The van der Waals surface area contributed by atoms with E-state index < -0.39 is 5.90 Å². The Balaban J connectivity index is 1.36. The first-order chi connectivity index (χ1) is 20.6. The number of nitrogens with zero attached hydrogens (tertiary/aromatic N) is 5. The molecule has 7 rings (SSSR count). The summed E-state index contributed by atoms with van der Waals surface area (Å²) >= 11 is 1.22. The van der Waals surface area contributed by atoms with Crippen LogP contribution in [0.2, 0.25) is 0 Å². The molecule has 0 atom stereocenters. The topological polar surface area (TPSA) is 126 Å². The molecule has 1 aliphatic heterocycles. The molecule has 6 aromatic rings. The number of thiophene rings is 1. The van der Waals surface area contributed by atoms with Crippen molar-refractivity contribution >= 4 is 49.8 Å². The van der Waals surface area contributed by atoms with Crippen LogP contribution in [0, 0.1) is 0 Å². The maximum Gasteiger partial charge on any atom is 0.324 e. The Morgan fingerprint density at radius 1 is 1.05 bits per heavy atom. The Hall–Kier alpha value is -5.00. The Morgan fingerprint density at radius 2 is 1.83 bits per heavy atom. The first-order valence-electron chi connectivity index (χ1n) is 13.4. The molecular weight excluding hydrogens is 552 g/mol. The Bertz CT molecular complexity index is 1940. The average Bonchev–Trinajstić information content (AvgIpc) is 3.65. The van der Waals surface area contributed by atoms with Crippen LogP contribution in [0.5, 0.6) is 5.75 Å². The summed E-state index contributed by atoms with van der Waals surface area (Å²) in [6.45, 7) is 2.50. The highest BCUT2D eigenvalue weighted by Gasteiger charge is 2.23. The van der Waals surface area contributed by atoms with E-state index in [0.717, 1.165) is 38.9 Å². The lowest BCUT2D eigenvalue weighted by Crippen LogP contribution is -2.62. The maximum absolute atomic E-state index is 13.4. The van der Waals surface area contributed by atoms with Crippen LogP contribution < -0.4 is 25.4 Å². The zero-order valence-corrected chi connectivity index (χ0v) is 23.5. The molecule has 1 fully saturated rings. The molecule has 10 nitrogen and oxygen atoms in total. The van der Waals surface area contributed by atoms with Gasteiger partial charge < -0.3 is 20.3 Å². The lowest BCUT2D eigenvalue weighted by atomic mass is 9.97.